The van der Waals surface area contributed by atoms with Crippen molar-refractivity contribution in [3.63, 3.8) is 0 Å². The molecule has 0 spiro atoms. The lowest BCUT2D eigenvalue weighted by molar-refractivity contribution is 0.708. The van der Waals surface area contributed by atoms with Crippen LogP contribution in [0.15, 0.2) is 10.2 Å². The second kappa shape index (κ2) is 5.25. The van der Waals surface area contributed by atoms with Gasteiger partial charge in [0.1, 0.15) is 5.82 Å². The van der Waals surface area contributed by atoms with Gasteiger partial charge in [0.15, 0.2) is 0 Å². The predicted molar refractivity (Wildman–Crippen MR) is 75.8 cm³/mol. The number of nitrogens with one attached hydrogen (secondary N) is 1. The highest BCUT2D eigenvalue weighted by Crippen LogP contribution is 2.17. The van der Waals surface area contributed by atoms with Crippen molar-refractivity contribution in [3.8, 4) is 0 Å². The van der Waals surface area contributed by atoms with Crippen molar-refractivity contribution < 1.29 is 0 Å². The van der Waals surface area contributed by atoms with Gasteiger partial charge < -0.3 is 4.98 Å². The van der Waals surface area contributed by atoms with Gasteiger partial charge in [-0.25, -0.2) is 9.97 Å². The first-order valence-corrected chi connectivity index (χ1v) is 7.62. The summed E-state index contributed by atoms with van der Waals surface area (Å²) in [4.78, 5) is 24.1. The molecule has 1 aliphatic carbocycles. The highest BCUT2D eigenvalue weighted by atomic mass is 32.1. The lowest BCUT2D eigenvalue weighted by Crippen LogP contribution is -2.20. The Labute approximate surface area is 115 Å². The van der Waals surface area contributed by atoms with Crippen LogP contribution in [0, 0.1) is 6.92 Å². The number of aromatic nitrogens is 3. The maximum atomic E-state index is 12.1. The van der Waals surface area contributed by atoms with Gasteiger partial charge in [0.25, 0.3) is 5.56 Å². The van der Waals surface area contributed by atoms with E-state index in [1.54, 1.807) is 11.3 Å². The van der Waals surface area contributed by atoms with E-state index in [9.17, 15) is 4.79 Å². The SMILES string of the molecule is Cc1nc(Cc2nc3c(c(=O)[nH]2)CCCCC3)cs1. The zero-order chi connectivity index (χ0) is 13.2. The van der Waals surface area contributed by atoms with E-state index in [4.69, 9.17) is 0 Å². The first-order chi connectivity index (χ1) is 9.22. The zero-order valence-electron chi connectivity index (χ0n) is 11.0. The number of H-pyrrole nitrogens is 1. The van der Waals surface area contributed by atoms with Gasteiger partial charge in [-0.1, -0.05) is 6.42 Å². The normalized spacial score (nSPS) is 15.0. The lowest BCUT2D eigenvalue weighted by atomic mass is 10.1. The molecule has 2 aromatic heterocycles. The molecule has 0 unspecified atom stereocenters. The number of fused-ring (bicyclic) bond motifs is 1. The minimum Gasteiger partial charge on any atom is -0.310 e. The Balaban J connectivity index is 1.93. The van der Waals surface area contributed by atoms with Gasteiger partial charge in [-0.15, -0.1) is 11.3 Å². The molecule has 100 valence electrons. The Morgan fingerprint density at radius 2 is 2.11 bits per heavy atom. The van der Waals surface area contributed by atoms with Gasteiger partial charge in [0, 0.05) is 17.4 Å². The van der Waals surface area contributed by atoms with Gasteiger partial charge in [-0.05, 0) is 32.6 Å². The number of nitrogens with zero attached hydrogens (tertiary/aromatic N) is 2. The molecule has 19 heavy (non-hydrogen) atoms. The number of thiazole rings is 1. The minimum atomic E-state index is 0.0499. The summed E-state index contributed by atoms with van der Waals surface area (Å²) < 4.78 is 0. The molecular weight excluding hydrogens is 258 g/mol. The average molecular weight is 275 g/mol. The summed E-state index contributed by atoms with van der Waals surface area (Å²) in [5.41, 5.74) is 2.94. The Hall–Kier alpha value is -1.49. The van der Waals surface area contributed by atoms with Gasteiger partial charge in [-0.3, -0.25) is 4.79 Å². The monoisotopic (exact) mass is 275 g/mol. The predicted octanol–water partition coefficient (Wildman–Crippen LogP) is 2.39. The number of rotatable bonds is 2. The molecule has 0 aromatic carbocycles. The molecule has 0 saturated heterocycles. The summed E-state index contributed by atoms with van der Waals surface area (Å²) in [5, 5.41) is 3.08. The van der Waals surface area contributed by atoms with Crippen LogP contribution in [0.5, 0.6) is 0 Å². The van der Waals surface area contributed by atoms with Crippen LogP contribution in [-0.4, -0.2) is 15.0 Å². The standard InChI is InChI=1S/C14H17N3OS/c1-9-15-10(8-19-9)7-13-16-12-6-4-2-3-5-11(12)14(18)17-13/h8H,2-7H2,1H3,(H,16,17,18). The van der Waals surface area contributed by atoms with Crippen LogP contribution in [0.25, 0.3) is 0 Å². The quantitative estimate of drug-likeness (QED) is 0.856. The number of aromatic amines is 1. The number of hydrogen-bond donors (Lipinski definition) is 1. The molecule has 0 bridgehead atoms. The van der Waals surface area contributed by atoms with E-state index in [2.05, 4.69) is 15.0 Å². The maximum absolute atomic E-state index is 12.1. The van der Waals surface area contributed by atoms with E-state index in [-0.39, 0.29) is 5.56 Å². The molecule has 3 rings (SSSR count). The average Bonchev–Trinajstić information content (AvgIpc) is 2.64. The molecular formula is C14H17N3OS. The van der Waals surface area contributed by atoms with Crippen LogP contribution in [-0.2, 0) is 19.3 Å². The largest absolute Gasteiger partial charge is 0.310 e. The molecule has 2 heterocycles. The van der Waals surface area contributed by atoms with E-state index >= 15 is 0 Å². The summed E-state index contributed by atoms with van der Waals surface area (Å²) in [5.74, 6) is 0.746. The van der Waals surface area contributed by atoms with E-state index in [1.165, 1.54) is 6.42 Å². The Morgan fingerprint density at radius 1 is 1.26 bits per heavy atom. The molecule has 4 nitrogen and oxygen atoms in total. The Bertz CT molecular complexity index is 644. The molecule has 5 heteroatoms. The fraction of sp³-hybridized carbons (Fsp3) is 0.500. The fourth-order valence-corrected chi connectivity index (χ4v) is 3.19. The van der Waals surface area contributed by atoms with Crippen molar-refractivity contribution in [2.45, 2.75) is 45.4 Å². The highest BCUT2D eigenvalue weighted by molar-refractivity contribution is 7.09. The first-order valence-electron chi connectivity index (χ1n) is 6.74. The molecule has 0 saturated carbocycles. The van der Waals surface area contributed by atoms with Gasteiger partial charge in [0.05, 0.1) is 16.4 Å². The number of hydrogen-bond acceptors (Lipinski definition) is 4. The third-order valence-corrected chi connectivity index (χ3v) is 4.33. The third-order valence-electron chi connectivity index (χ3n) is 3.51. The second-order valence-electron chi connectivity index (χ2n) is 5.03. The van der Waals surface area contributed by atoms with Gasteiger partial charge in [-0.2, -0.15) is 0 Å². The third kappa shape index (κ3) is 2.76. The summed E-state index contributed by atoms with van der Waals surface area (Å²) in [6.07, 6.45) is 5.85. The molecule has 1 aliphatic rings. The molecule has 0 amide bonds. The van der Waals surface area contributed by atoms with Gasteiger partial charge >= 0.3 is 0 Å². The van der Waals surface area contributed by atoms with E-state index in [1.807, 2.05) is 12.3 Å². The highest BCUT2D eigenvalue weighted by Gasteiger charge is 2.14. The van der Waals surface area contributed by atoms with Crippen LogP contribution in [0.3, 0.4) is 0 Å². The Morgan fingerprint density at radius 3 is 2.89 bits per heavy atom. The molecule has 0 aliphatic heterocycles. The molecule has 0 atom stereocenters. The minimum absolute atomic E-state index is 0.0499. The summed E-state index contributed by atoms with van der Waals surface area (Å²) in [6, 6.07) is 0. The summed E-state index contributed by atoms with van der Waals surface area (Å²) >= 11 is 1.63. The van der Waals surface area contributed by atoms with Crippen LogP contribution >= 0.6 is 11.3 Å². The van der Waals surface area contributed by atoms with E-state index < -0.39 is 0 Å². The zero-order valence-corrected chi connectivity index (χ0v) is 11.8. The van der Waals surface area contributed by atoms with Crippen LogP contribution in [0.2, 0.25) is 0 Å². The smallest absolute Gasteiger partial charge is 0.254 e. The van der Waals surface area contributed by atoms with Crippen LogP contribution in [0.4, 0.5) is 0 Å². The maximum Gasteiger partial charge on any atom is 0.254 e. The molecule has 0 fully saturated rings. The van der Waals surface area contributed by atoms with Crippen molar-refractivity contribution >= 4 is 11.3 Å². The fourth-order valence-electron chi connectivity index (χ4n) is 2.58. The van der Waals surface area contributed by atoms with Crippen molar-refractivity contribution in [2.75, 3.05) is 0 Å². The molecule has 0 radical (unpaired) electrons. The lowest BCUT2D eigenvalue weighted by Gasteiger charge is -2.06. The van der Waals surface area contributed by atoms with Crippen molar-refractivity contribution in [3.05, 3.63) is 43.5 Å². The topological polar surface area (TPSA) is 58.6 Å². The number of aryl methyl sites for hydroxylation is 2. The first kappa shape index (κ1) is 12.5. The summed E-state index contributed by atoms with van der Waals surface area (Å²) in [6.45, 7) is 1.99. The van der Waals surface area contributed by atoms with E-state index in [0.717, 1.165) is 53.5 Å². The van der Waals surface area contributed by atoms with Gasteiger partial charge in [0.2, 0.25) is 0 Å². The summed E-state index contributed by atoms with van der Waals surface area (Å²) in [7, 11) is 0. The molecule has 2 aromatic rings. The van der Waals surface area contributed by atoms with Crippen molar-refractivity contribution in [1.29, 1.82) is 0 Å². The Kier molecular flexibility index (Phi) is 3.46. The molecule has 1 N–H and O–H groups in total. The van der Waals surface area contributed by atoms with Crippen LogP contribution < -0.4 is 5.56 Å². The van der Waals surface area contributed by atoms with E-state index in [0.29, 0.717) is 6.42 Å². The van der Waals surface area contributed by atoms with Crippen LogP contribution in [0.1, 0.15) is 47.0 Å². The van der Waals surface area contributed by atoms with Crippen molar-refractivity contribution in [1.82, 2.24) is 15.0 Å². The second-order valence-corrected chi connectivity index (χ2v) is 6.10. The van der Waals surface area contributed by atoms with Crippen molar-refractivity contribution in [2.24, 2.45) is 0 Å².